The van der Waals surface area contributed by atoms with Crippen LogP contribution in [0.5, 0.6) is 0 Å². The van der Waals surface area contributed by atoms with Crippen LogP contribution in [-0.4, -0.2) is 51.5 Å². The molecule has 1 radical (unpaired) electrons. The molecule has 0 rings (SSSR count). The van der Waals surface area contributed by atoms with Crippen molar-refractivity contribution in [2.45, 2.75) is 273 Å². The summed E-state index contributed by atoms with van der Waals surface area (Å²) in [5.41, 5.74) is 0. The molecule has 0 saturated heterocycles. The van der Waals surface area contributed by atoms with Crippen molar-refractivity contribution in [1.82, 2.24) is 0 Å². The SMILES string of the molecule is CCCCCCCC[N-]CCCCCCCC.CCCCCCCC[N-]CCCCCCCC.CCCCCCCC[N-]CCCCCCCC.CO.[Ti+3]. The molecule has 4 nitrogen and oxygen atoms in total. The normalized spacial score (nSPS) is 10.4. The van der Waals surface area contributed by atoms with Crippen LogP contribution in [0.2, 0.25) is 0 Å². The Morgan fingerprint density at radius 1 is 0.204 bits per heavy atom. The van der Waals surface area contributed by atoms with E-state index in [9.17, 15) is 0 Å². The van der Waals surface area contributed by atoms with Crippen LogP contribution in [0, 0.1) is 0 Å². The largest absolute Gasteiger partial charge is 3.00 e. The maximum absolute atomic E-state index is 7.00. The minimum Gasteiger partial charge on any atom is -0.662 e. The second kappa shape index (κ2) is 71.3. The van der Waals surface area contributed by atoms with Gasteiger partial charge < -0.3 is 21.1 Å². The first-order valence-electron chi connectivity index (χ1n) is 24.6. The van der Waals surface area contributed by atoms with Gasteiger partial charge in [0, 0.05) is 7.11 Å². The number of aliphatic hydroxyl groups is 1. The third-order valence-corrected chi connectivity index (χ3v) is 10.0. The van der Waals surface area contributed by atoms with Gasteiger partial charge in [0.25, 0.3) is 0 Å². The molecule has 0 heterocycles. The zero-order valence-corrected chi connectivity index (χ0v) is 40.5. The first-order valence-corrected chi connectivity index (χ1v) is 24.6. The molecule has 0 fully saturated rings. The number of rotatable bonds is 42. The van der Waals surface area contributed by atoms with Crippen LogP contribution in [0.3, 0.4) is 0 Å². The Balaban J connectivity index is -0.000000215. The zero-order valence-electron chi connectivity index (χ0n) is 39.0. The van der Waals surface area contributed by atoms with E-state index in [2.05, 4.69) is 57.5 Å². The second-order valence-electron chi connectivity index (χ2n) is 15.6. The first kappa shape index (κ1) is 63.7. The predicted molar refractivity (Wildman–Crippen MR) is 248 cm³/mol. The summed E-state index contributed by atoms with van der Waals surface area (Å²) in [4.78, 5) is 0. The molecule has 0 spiro atoms. The molecule has 0 amide bonds. The summed E-state index contributed by atoms with van der Waals surface area (Å²) in [6.07, 6.45) is 49.9. The van der Waals surface area contributed by atoms with Crippen LogP contribution < -0.4 is 0 Å². The summed E-state index contributed by atoms with van der Waals surface area (Å²) in [6, 6.07) is 0. The molecule has 0 aromatic carbocycles. The average molecular weight is 801 g/mol. The van der Waals surface area contributed by atoms with Crippen molar-refractivity contribution in [2.24, 2.45) is 0 Å². The van der Waals surface area contributed by atoms with E-state index in [1.807, 2.05) is 0 Å². The second-order valence-corrected chi connectivity index (χ2v) is 15.6. The Labute approximate surface area is 360 Å². The minimum atomic E-state index is 0. The van der Waals surface area contributed by atoms with E-state index in [0.29, 0.717) is 0 Å². The minimum absolute atomic E-state index is 0. The van der Waals surface area contributed by atoms with E-state index in [-0.39, 0.29) is 21.7 Å². The molecule has 0 aliphatic rings. The molecule has 0 bridgehead atoms. The number of hydrogen-bond acceptors (Lipinski definition) is 1. The van der Waals surface area contributed by atoms with E-state index in [4.69, 9.17) is 5.11 Å². The van der Waals surface area contributed by atoms with Gasteiger partial charge in [0.2, 0.25) is 0 Å². The van der Waals surface area contributed by atoms with Crippen molar-refractivity contribution in [3.63, 3.8) is 0 Å². The molecule has 54 heavy (non-hydrogen) atoms. The quantitative estimate of drug-likeness (QED) is 0.0485. The van der Waals surface area contributed by atoms with Gasteiger partial charge in [0.1, 0.15) is 0 Å². The van der Waals surface area contributed by atoms with Crippen molar-refractivity contribution >= 4 is 0 Å². The molecule has 0 aromatic heterocycles. The molecule has 0 aliphatic carbocycles. The van der Waals surface area contributed by atoms with Crippen LogP contribution in [0.15, 0.2) is 0 Å². The average Bonchev–Trinajstić information content (AvgIpc) is 3.18. The van der Waals surface area contributed by atoms with Gasteiger partial charge >= 0.3 is 21.7 Å². The van der Waals surface area contributed by atoms with Crippen molar-refractivity contribution in [2.75, 3.05) is 46.4 Å². The molecule has 0 aliphatic heterocycles. The van der Waals surface area contributed by atoms with E-state index in [1.165, 1.54) is 231 Å². The van der Waals surface area contributed by atoms with Crippen molar-refractivity contribution in [1.29, 1.82) is 0 Å². The van der Waals surface area contributed by atoms with Gasteiger partial charge in [-0.1, -0.05) is 273 Å². The molecule has 327 valence electrons. The van der Waals surface area contributed by atoms with Gasteiger partial charge in [0.05, 0.1) is 0 Å². The summed E-state index contributed by atoms with van der Waals surface area (Å²) >= 11 is 0. The molecule has 0 aromatic rings. The van der Waals surface area contributed by atoms with Crippen molar-refractivity contribution in [3.8, 4) is 0 Å². The van der Waals surface area contributed by atoms with Gasteiger partial charge in [-0.25, -0.2) is 0 Å². The fourth-order valence-corrected chi connectivity index (χ4v) is 6.36. The Morgan fingerprint density at radius 2 is 0.315 bits per heavy atom. The molecule has 1 N–H and O–H groups in total. The smallest absolute Gasteiger partial charge is 0.662 e. The summed E-state index contributed by atoms with van der Waals surface area (Å²) in [6.45, 7) is 20.3. The zero-order chi connectivity index (χ0) is 39.8. The number of hydrogen-bond donors (Lipinski definition) is 1. The standard InChI is InChI=1S/3C16H34N.CH4O.Ti/c3*1-3-5-7-9-11-13-15-17-16-14-12-10-8-6-4-2;1-2;/h3*3-16H2,1-2H3;2H,1H3;/q3*-1;;+3. The molecule has 0 saturated carbocycles. The van der Waals surface area contributed by atoms with Gasteiger partial charge in [-0.15, -0.1) is 39.3 Å². The topological polar surface area (TPSA) is 62.5 Å². The van der Waals surface area contributed by atoms with Gasteiger partial charge in [-0.3, -0.25) is 0 Å². The maximum atomic E-state index is 7.00. The Bertz CT molecular complexity index is 412. The fraction of sp³-hybridized carbons (Fsp3) is 1.00. The van der Waals surface area contributed by atoms with E-state index in [0.717, 1.165) is 46.4 Å². The van der Waals surface area contributed by atoms with Gasteiger partial charge in [0.15, 0.2) is 0 Å². The predicted octanol–water partition coefficient (Wildman–Crippen LogP) is 17.8. The summed E-state index contributed by atoms with van der Waals surface area (Å²) in [5, 5.41) is 20.8. The van der Waals surface area contributed by atoms with Crippen molar-refractivity contribution in [3.05, 3.63) is 16.0 Å². The molecule has 0 atom stereocenters. The van der Waals surface area contributed by atoms with Crippen LogP contribution in [0.25, 0.3) is 16.0 Å². The number of unbranched alkanes of at least 4 members (excludes halogenated alkanes) is 30. The number of nitrogens with zero attached hydrogens (tertiary/aromatic N) is 3. The molecule has 0 unspecified atom stereocenters. The first-order chi connectivity index (χ1) is 26.2. The monoisotopic (exact) mass is 801 g/mol. The maximum Gasteiger partial charge on any atom is 3.00 e. The van der Waals surface area contributed by atoms with Crippen LogP contribution >= 0.6 is 0 Å². The molecular formula is C49H106N3OTi. The third-order valence-electron chi connectivity index (χ3n) is 10.0. The number of aliphatic hydroxyl groups excluding tert-OH is 1. The molecular weight excluding hydrogens is 694 g/mol. The molecule has 5 heteroatoms. The van der Waals surface area contributed by atoms with E-state index in [1.54, 1.807) is 0 Å². The summed E-state index contributed by atoms with van der Waals surface area (Å²) in [5.74, 6) is 0. The Morgan fingerprint density at radius 3 is 0.444 bits per heavy atom. The van der Waals surface area contributed by atoms with Crippen LogP contribution in [0.1, 0.15) is 273 Å². The summed E-state index contributed by atoms with van der Waals surface area (Å²) in [7, 11) is 1.00. The summed E-state index contributed by atoms with van der Waals surface area (Å²) < 4.78 is 0. The van der Waals surface area contributed by atoms with Crippen LogP contribution in [-0.2, 0) is 21.7 Å². The van der Waals surface area contributed by atoms with E-state index >= 15 is 0 Å². The Hall–Kier alpha value is 0.554. The van der Waals surface area contributed by atoms with Crippen molar-refractivity contribution < 1.29 is 26.8 Å². The van der Waals surface area contributed by atoms with E-state index < -0.39 is 0 Å². The van der Waals surface area contributed by atoms with Crippen LogP contribution in [0.4, 0.5) is 0 Å². The van der Waals surface area contributed by atoms with Gasteiger partial charge in [-0.05, 0) is 0 Å². The Kier molecular flexibility index (Phi) is 84.1. The third kappa shape index (κ3) is 77.1. The fourth-order valence-electron chi connectivity index (χ4n) is 6.36. The van der Waals surface area contributed by atoms with Gasteiger partial charge in [-0.2, -0.15) is 0 Å².